The largest absolute Gasteiger partial charge is 0.465 e. The molecule has 0 saturated heterocycles. The molecule has 0 aliphatic heterocycles. The number of rotatable bonds is 7. The van der Waals surface area contributed by atoms with E-state index in [1.807, 2.05) is 18.2 Å². The maximum absolute atomic E-state index is 11.9. The quantitative estimate of drug-likeness (QED) is 0.377. The van der Waals surface area contributed by atoms with Crippen LogP contribution in [-0.2, 0) is 19.4 Å². The number of carbonyl (C=O) groups is 1. The van der Waals surface area contributed by atoms with Crippen LogP contribution >= 0.6 is 22.9 Å². The zero-order valence-electron chi connectivity index (χ0n) is 16.8. The van der Waals surface area contributed by atoms with Crippen LogP contribution in [-0.4, -0.2) is 39.2 Å². The summed E-state index contributed by atoms with van der Waals surface area (Å²) in [4.78, 5) is 18.2. The second-order valence-electron chi connectivity index (χ2n) is 6.62. The van der Waals surface area contributed by atoms with E-state index in [4.69, 9.17) is 17.0 Å². The lowest BCUT2D eigenvalue weighted by molar-refractivity contribution is -0.132. The lowest BCUT2D eigenvalue weighted by Gasteiger charge is -2.07. The summed E-state index contributed by atoms with van der Waals surface area (Å²) in [6, 6.07) is 17.4. The van der Waals surface area contributed by atoms with Gasteiger partial charge in [0.1, 0.15) is 5.71 Å². The Labute approximate surface area is 189 Å². The first-order valence-corrected chi connectivity index (χ1v) is 12.2. The third-order valence-corrected chi connectivity index (χ3v) is 6.93. The molecule has 2 aromatic carbocycles. The molecule has 0 fully saturated rings. The van der Waals surface area contributed by atoms with E-state index in [9.17, 15) is 13.2 Å². The molecule has 6 nitrogen and oxygen atoms in total. The maximum atomic E-state index is 11.9. The number of ether oxygens (including phenoxy) is 1. The van der Waals surface area contributed by atoms with Crippen molar-refractivity contribution in [3.05, 3.63) is 70.6 Å². The molecule has 160 valence electrons. The number of benzene rings is 2. The fourth-order valence-corrected chi connectivity index (χ4v) is 4.59. The second-order valence-corrected chi connectivity index (χ2v) is 10.1. The molecule has 1 heterocycles. The molecule has 0 saturated carbocycles. The van der Waals surface area contributed by atoms with Crippen molar-refractivity contribution in [3.63, 3.8) is 0 Å². The molecule has 0 atom stereocenters. The average Bonchev–Trinajstić information content (AvgIpc) is 3.24. The molecule has 31 heavy (non-hydrogen) atoms. The number of sulfone groups is 1. The SMILES string of the molecule is COC(=O)C(=N)CC(=Nc1ccccc1Cl)c1ccc(-c2cccc(S(C)(=O)=O)c2)s1. The molecular weight excluding hydrogens is 456 g/mol. The number of nitrogens with zero attached hydrogens (tertiary/aromatic N) is 1. The molecule has 0 radical (unpaired) electrons. The predicted octanol–water partition coefficient (Wildman–Crippen LogP) is 5.18. The average molecular weight is 475 g/mol. The van der Waals surface area contributed by atoms with Gasteiger partial charge in [-0.2, -0.15) is 0 Å². The predicted molar refractivity (Wildman–Crippen MR) is 125 cm³/mol. The normalized spacial score (nSPS) is 11.9. The zero-order valence-corrected chi connectivity index (χ0v) is 19.1. The lowest BCUT2D eigenvalue weighted by Crippen LogP contribution is -2.18. The molecule has 1 aromatic heterocycles. The van der Waals surface area contributed by atoms with Gasteiger partial charge >= 0.3 is 5.97 Å². The highest BCUT2D eigenvalue weighted by Gasteiger charge is 2.18. The van der Waals surface area contributed by atoms with Crippen molar-refractivity contribution < 1.29 is 17.9 Å². The molecule has 0 aliphatic carbocycles. The van der Waals surface area contributed by atoms with Crippen LogP contribution in [0.4, 0.5) is 5.69 Å². The second kappa shape index (κ2) is 9.55. The molecule has 0 unspecified atom stereocenters. The van der Waals surface area contributed by atoms with Crippen molar-refractivity contribution in [1.82, 2.24) is 0 Å². The minimum Gasteiger partial charge on any atom is -0.465 e. The Kier molecular flexibility index (Phi) is 7.04. The van der Waals surface area contributed by atoms with Crippen LogP contribution in [0.1, 0.15) is 11.3 Å². The Hall–Kier alpha value is -2.81. The van der Waals surface area contributed by atoms with Crippen LogP contribution in [0.2, 0.25) is 5.02 Å². The molecule has 0 spiro atoms. The summed E-state index contributed by atoms with van der Waals surface area (Å²) >= 11 is 7.62. The lowest BCUT2D eigenvalue weighted by atomic mass is 10.1. The number of methoxy groups -OCH3 is 1. The highest BCUT2D eigenvalue weighted by Crippen LogP contribution is 2.32. The van der Waals surface area contributed by atoms with Crippen molar-refractivity contribution in [2.45, 2.75) is 11.3 Å². The Balaban J connectivity index is 2.03. The first-order chi connectivity index (χ1) is 14.7. The molecular formula is C22H19ClN2O4S2. The molecule has 0 aliphatic rings. The molecule has 3 rings (SSSR count). The van der Waals surface area contributed by atoms with Crippen molar-refractivity contribution in [3.8, 4) is 10.4 Å². The Morgan fingerprint density at radius 3 is 2.55 bits per heavy atom. The topological polar surface area (TPSA) is 96.7 Å². The summed E-state index contributed by atoms with van der Waals surface area (Å²) in [5, 5.41) is 8.46. The summed E-state index contributed by atoms with van der Waals surface area (Å²) in [6.07, 6.45) is 1.12. The third kappa shape index (κ3) is 5.66. The molecule has 9 heteroatoms. The number of halogens is 1. The van der Waals surface area contributed by atoms with Crippen molar-refractivity contribution in [1.29, 1.82) is 5.41 Å². The van der Waals surface area contributed by atoms with Gasteiger partial charge in [-0.15, -0.1) is 11.3 Å². The number of carbonyl (C=O) groups excluding carboxylic acids is 1. The molecule has 3 aromatic rings. The van der Waals surface area contributed by atoms with Crippen LogP contribution in [0, 0.1) is 5.41 Å². The van der Waals surface area contributed by atoms with E-state index in [0.29, 0.717) is 16.4 Å². The molecule has 0 amide bonds. The van der Waals surface area contributed by atoms with E-state index in [0.717, 1.165) is 15.3 Å². The van der Waals surface area contributed by atoms with Gasteiger partial charge in [-0.3, -0.25) is 10.4 Å². The van der Waals surface area contributed by atoms with Gasteiger partial charge in [0.2, 0.25) is 0 Å². The van der Waals surface area contributed by atoms with Gasteiger partial charge in [0, 0.05) is 22.4 Å². The smallest absolute Gasteiger partial charge is 0.352 e. The number of para-hydroxylation sites is 1. The van der Waals surface area contributed by atoms with Crippen molar-refractivity contribution in [2.24, 2.45) is 4.99 Å². The molecule has 1 N–H and O–H groups in total. The first-order valence-electron chi connectivity index (χ1n) is 9.07. The standard InChI is InChI=1S/C22H19ClN2O4S2/c1-29-22(26)17(24)13-19(25-18-9-4-3-8-16(18)23)21-11-10-20(30-21)14-6-5-7-15(12-14)31(2,27)28/h3-12,24H,13H2,1-2H3. The van der Waals surface area contributed by atoms with Gasteiger partial charge in [-0.05, 0) is 42.0 Å². The summed E-state index contributed by atoms with van der Waals surface area (Å²) in [7, 11) is -2.11. The van der Waals surface area contributed by atoms with Crippen LogP contribution < -0.4 is 0 Å². The third-order valence-electron chi connectivity index (χ3n) is 4.32. The number of hydrogen-bond donors (Lipinski definition) is 1. The van der Waals surface area contributed by atoms with E-state index in [-0.39, 0.29) is 17.0 Å². The summed E-state index contributed by atoms with van der Waals surface area (Å²) in [5.74, 6) is -0.732. The Morgan fingerprint density at radius 1 is 1.13 bits per heavy atom. The fourth-order valence-electron chi connectivity index (χ4n) is 2.76. The van der Waals surface area contributed by atoms with Crippen molar-refractivity contribution in [2.75, 3.05) is 13.4 Å². The van der Waals surface area contributed by atoms with Gasteiger partial charge in [-0.1, -0.05) is 35.9 Å². The summed E-state index contributed by atoms with van der Waals surface area (Å²) in [6.45, 7) is 0. The van der Waals surface area contributed by atoms with Crippen LogP contribution in [0.5, 0.6) is 0 Å². The Morgan fingerprint density at radius 2 is 1.87 bits per heavy atom. The van der Waals surface area contributed by atoms with Crippen LogP contribution in [0.25, 0.3) is 10.4 Å². The van der Waals surface area contributed by atoms with E-state index >= 15 is 0 Å². The molecule has 0 bridgehead atoms. The zero-order chi connectivity index (χ0) is 22.6. The van der Waals surface area contributed by atoms with Gasteiger partial charge in [0.25, 0.3) is 0 Å². The minimum atomic E-state index is -3.33. The van der Waals surface area contributed by atoms with Gasteiger partial charge in [0.15, 0.2) is 9.84 Å². The fraction of sp³-hybridized carbons (Fsp3) is 0.136. The van der Waals surface area contributed by atoms with E-state index in [1.165, 1.54) is 24.7 Å². The van der Waals surface area contributed by atoms with Crippen LogP contribution in [0.3, 0.4) is 0 Å². The number of aliphatic imine (C=N–C) groups is 1. The Bertz CT molecular complexity index is 1280. The van der Waals surface area contributed by atoms with E-state index in [2.05, 4.69) is 9.73 Å². The van der Waals surface area contributed by atoms with Gasteiger partial charge in [-0.25, -0.2) is 13.2 Å². The van der Waals surface area contributed by atoms with Crippen molar-refractivity contribution >= 4 is 55.9 Å². The monoisotopic (exact) mass is 474 g/mol. The van der Waals surface area contributed by atoms with Gasteiger partial charge in [0.05, 0.1) is 28.4 Å². The highest BCUT2D eigenvalue weighted by molar-refractivity contribution is 7.90. The van der Waals surface area contributed by atoms with Gasteiger partial charge < -0.3 is 4.74 Å². The van der Waals surface area contributed by atoms with Crippen LogP contribution in [0.15, 0.2) is 70.6 Å². The number of thiophene rings is 1. The number of hydrogen-bond acceptors (Lipinski definition) is 7. The van der Waals surface area contributed by atoms with E-state index in [1.54, 1.807) is 42.5 Å². The first kappa shape index (κ1) is 22.9. The van der Waals surface area contributed by atoms with E-state index < -0.39 is 15.8 Å². The minimum absolute atomic E-state index is 0.0404. The maximum Gasteiger partial charge on any atom is 0.352 e. The number of nitrogens with one attached hydrogen (secondary N) is 1. The highest BCUT2D eigenvalue weighted by atomic mass is 35.5. The summed E-state index contributed by atoms with van der Waals surface area (Å²) in [5.41, 5.74) is 1.52. The number of esters is 1. The summed E-state index contributed by atoms with van der Waals surface area (Å²) < 4.78 is 28.4.